The van der Waals surface area contributed by atoms with Crippen molar-refractivity contribution in [1.82, 2.24) is 14.5 Å². The van der Waals surface area contributed by atoms with E-state index in [1.54, 1.807) is 6.07 Å². The number of nitro groups is 1. The fraction of sp³-hybridized carbons (Fsp3) is 0.417. The molecule has 0 aliphatic carbocycles. The molecule has 0 spiro atoms. The summed E-state index contributed by atoms with van der Waals surface area (Å²) in [4.78, 5) is 30.5. The minimum atomic E-state index is -0.507. The Labute approximate surface area is 187 Å². The SMILES string of the molecule is CC(C)n1c(CN2CCCCCC2)nc2cc(NC(=O)c3cccc([N+](=O)[O-])c3)ccc21. The minimum Gasteiger partial charge on any atom is -0.324 e. The fourth-order valence-electron chi connectivity index (χ4n) is 4.37. The number of hydrogen-bond donors (Lipinski definition) is 1. The lowest BCUT2D eigenvalue weighted by molar-refractivity contribution is -0.384. The first-order valence-corrected chi connectivity index (χ1v) is 11.2. The number of fused-ring (bicyclic) bond motifs is 1. The largest absolute Gasteiger partial charge is 0.324 e. The molecule has 1 aliphatic rings. The number of nitrogens with zero attached hydrogens (tertiary/aromatic N) is 4. The predicted octanol–water partition coefficient (Wildman–Crippen LogP) is 5.15. The van der Waals surface area contributed by atoms with E-state index in [0.717, 1.165) is 36.5 Å². The third kappa shape index (κ3) is 4.80. The van der Waals surface area contributed by atoms with E-state index in [9.17, 15) is 14.9 Å². The highest BCUT2D eigenvalue weighted by Crippen LogP contribution is 2.26. The van der Waals surface area contributed by atoms with Gasteiger partial charge in [0, 0.05) is 29.4 Å². The molecular weight excluding hydrogens is 406 g/mol. The van der Waals surface area contributed by atoms with Crippen LogP contribution >= 0.6 is 0 Å². The van der Waals surface area contributed by atoms with Gasteiger partial charge >= 0.3 is 0 Å². The summed E-state index contributed by atoms with van der Waals surface area (Å²) >= 11 is 0. The number of imidazole rings is 1. The van der Waals surface area contributed by atoms with Gasteiger partial charge in [-0.3, -0.25) is 19.8 Å². The first kappa shape index (κ1) is 22.0. The number of carbonyl (C=O) groups excluding carboxylic acids is 1. The zero-order valence-electron chi connectivity index (χ0n) is 18.6. The molecule has 1 aromatic heterocycles. The quantitative estimate of drug-likeness (QED) is 0.427. The molecule has 0 unspecified atom stereocenters. The standard InChI is InChI=1S/C24H29N5O3/c1-17(2)28-22-11-10-19(25-24(30)18-8-7-9-20(14-18)29(31)32)15-21(22)26-23(28)16-27-12-5-3-4-6-13-27/h7-11,14-15,17H,3-6,12-13,16H2,1-2H3,(H,25,30). The first-order valence-electron chi connectivity index (χ1n) is 11.2. The average Bonchev–Trinajstić information content (AvgIpc) is 2.92. The smallest absolute Gasteiger partial charge is 0.270 e. The van der Waals surface area contributed by atoms with Crippen LogP contribution in [-0.4, -0.2) is 38.4 Å². The molecule has 2 aromatic carbocycles. The fourth-order valence-corrected chi connectivity index (χ4v) is 4.37. The molecule has 168 valence electrons. The van der Waals surface area contributed by atoms with Crippen LogP contribution in [0.5, 0.6) is 0 Å². The number of non-ortho nitro benzene ring substituents is 1. The van der Waals surface area contributed by atoms with E-state index in [1.165, 1.54) is 43.9 Å². The number of anilines is 1. The van der Waals surface area contributed by atoms with Gasteiger partial charge in [-0.15, -0.1) is 0 Å². The predicted molar refractivity (Wildman–Crippen MR) is 125 cm³/mol. The Bertz CT molecular complexity index is 1130. The molecule has 1 saturated heterocycles. The third-order valence-electron chi connectivity index (χ3n) is 5.92. The van der Waals surface area contributed by atoms with Crippen LogP contribution in [0.4, 0.5) is 11.4 Å². The van der Waals surface area contributed by atoms with E-state index >= 15 is 0 Å². The number of aromatic nitrogens is 2. The number of benzene rings is 2. The summed E-state index contributed by atoms with van der Waals surface area (Å²) < 4.78 is 2.27. The van der Waals surface area contributed by atoms with Crippen LogP contribution < -0.4 is 5.32 Å². The van der Waals surface area contributed by atoms with Gasteiger partial charge in [0.05, 0.1) is 22.5 Å². The summed E-state index contributed by atoms with van der Waals surface area (Å²) in [5.74, 6) is 0.653. The van der Waals surface area contributed by atoms with E-state index in [0.29, 0.717) is 5.69 Å². The Hall–Kier alpha value is -3.26. The lowest BCUT2D eigenvalue weighted by Crippen LogP contribution is -2.26. The summed E-state index contributed by atoms with van der Waals surface area (Å²) in [5.41, 5.74) is 2.62. The number of hydrogen-bond acceptors (Lipinski definition) is 5. The van der Waals surface area contributed by atoms with Gasteiger partial charge < -0.3 is 9.88 Å². The van der Waals surface area contributed by atoms with Crippen LogP contribution in [0.25, 0.3) is 11.0 Å². The maximum atomic E-state index is 12.6. The van der Waals surface area contributed by atoms with Crippen molar-refractivity contribution in [3.8, 4) is 0 Å². The van der Waals surface area contributed by atoms with Crippen molar-refractivity contribution < 1.29 is 9.72 Å². The van der Waals surface area contributed by atoms with Crippen LogP contribution in [0.1, 0.15) is 61.8 Å². The molecule has 1 N–H and O–H groups in total. The molecule has 0 saturated carbocycles. The average molecular weight is 436 g/mol. The number of carbonyl (C=O) groups is 1. The van der Waals surface area contributed by atoms with E-state index in [4.69, 9.17) is 4.98 Å². The Balaban J connectivity index is 1.58. The number of nitrogens with one attached hydrogen (secondary N) is 1. The molecule has 0 bridgehead atoms. The van der Waals surface area contributed by atoms with Crippen LogP contribution in [0.2, 0.25) is 0 Å². The minimum absolute atomic E-state index is 0.109. The molecule has 2 heterocycles. The zero-order chi connectivity index (χ0) is 22.7. The zero-order valence-corrected chi connectivity index (χ0v) is 18.6. The van der Waals surface area contributed by atoms with Crippen LogP contribution in [0.15, 0.2) is 42.5 Å². The summed E-state index contributed by atoms with van der Waals surface area (Å²) in [6.45, 7) is 7.34. The van der Waals surface area contributed by atoms with E-state index < -0.39 is 4.92 Å². The van der Waals surface area contributed by atoms with Gasteiger partial charge in [0.2, 0.25) is 0 Å². The number of rotatable bonds is 6. The normalized spacial score (nSPS) is 15.1. The van der Waals surface area contributed by atoms with E-state index in [1.807, 2.05) is 18.2 Å². The van der Waals surface area contributed by atoms with Crippen molar-refractivity contribution in [3.63, 3.8) is 0 Å². The van der Waals surface area contributed by atoms with Crippen molar-refractivity contribution >= 4 is 28.3 Å². The van der Waals surface area contributed by atoms with Gasteiger partial charge in [0.25, 0.3) is 11.6 Å². The number of likely N-dealkylation sites (tertiary alicyclic amines) is 1. The lowest BCUT2D eigenvalue weighted by atomic mass is 10.2. The summed E-state index contributed by atoms with van der Waals surface area (Å²) in [5, 5.41) is 13.8. The Morgan fingerprint density at radius 2 is 1.88 bits per heavy atom. The van der Waals surface area contributed by atoms with Gasteiger partial charge in [0.1, 0.15) is 5.82 Å². The van der Waals surface area contributed by atoms with Crippen molar-refractivity contribution in [1.29, 1.82) is 0 Å². The molecule has 1 fully saturated rings. The summed E-state index contributed by atoms with van der Waals surface area (Å²) in [6.07, 6.45) is 5.06. The van der Waals surface area contributed by atoms with E-state index in [-0.39, 0.29) is 23.2 Å². The van der Waals surface area contributed by atoms with Gasteiger partial charge in [-0.2, -0.15) is 0 Å². The van der Waals surface area contributed by atoms with Crippen LogP contribution in [0, 0.1) is 10.1 Å². The van der Waals surface area contributed by atoms with Crippen LogP contribution in [0.3, 0.4) is 0 Å². The Morgan fingerprint density at radius 1 is 1.12 bits per heavy atom. The van der Waals surface area contributed by atoms with E-state index in [2.05, 4.69) is 28.6 Å². The highest BCUT2D eigenvalue weighted by molar-refractivity contribution is 6.05. The monoisotopic (exact) mass is 435 g/mol. The maximum Gasteiger partial charge on any atom is 0.270 e. The molecular formula is C24H29N5O3. The molecule has 8 heteroatoms. The number of amides is 1. The molecule has 3 aromatic rings. The van der Waals surface area contributed by atoms with Gasteiger partial charge in [0.15, 0.2) is 0 Å². The highest BCUT2D eigenvalue weighted by Gasteiger charge is 2.18. The second kappa shape index (κ2) is 9.48. The molecule has 8 nitrogen and oxygen atoms in total. The molecule has 4 rings (SSSR count). The Kier molecular flexibility index (Phi) is 6.50. The Morgan fingerprint density at radius 3 is 2.56 bits per heavy atom. The second-order valence-corrected chi connectivity index (χ2v) is 8.65. The van der Waals surface area contributed by atoms with Crippen LogP contribution in [-0.2, 0) is 6.54 Å². The molecule has 32 heavy (non-hydrogen) atoms. The van der Waals surface area contributed by atoms with Crippen molar-refractivity contribution in [3.05, 3.63) is 64.0 Å². The number of nitro benzene ring substituents is 1. The van der Waals surface area contributed by atoms with Crippen molar-refractivity contribution in [2.75, 3.05) is 18.4 Å². The molecule has 1 aliphatic heterocycles. The van der Waals surface area contributed by atoms with Crippen molar-refractivity contribution in [2.45, 2.75) is 52.1 Å². The second-order valence-electron chi connectivity index (χ2n) is 8.65. The van der Waals surface area contributed by atoms with Gasteiger partial charge in [-0.1, -0.05) is 18.9 Å². The highest BCUT2D eigenvalue weighted by atomic mass is 16.6. The maximum absolute atomic E-state index is 12.6. The van der Waals surface area contributed by atoms with Gasteiger partial charge in [-0.25, -0.2) is 4.98 Å². The molecule has 1 amide bonds. The topological polar surface area (TPSA) is 93.3 Å². The molecule has 0 atom stereocenters. The molecule has 0 radical (unpaired) electrons. The van der Waals surface area contributed by atoms with Gasteiger partial charge in [-0.05, 0) is 64.0 Å². The summed E-state index contributed by atoms with van der Waals surface area (Å²) in [7, 11) is 0. The third-order valence-corrected chi connectivity index (χ3v) is 5.92. The van der Waals surface area contributed by atoms with Crippen molar-refractivity contribution in [2.24, 2.45) is 0 Å². The summed E-state index contributed by atoms with van der Waals surface area (Å²) in [6, 6.07) is 11.7. The lowest BCUT2D eigenvalue weighted by Gasteiger charge is -2.21. The first-order chi connectivity index (χ1) is 15.4.